The van der Waals surface area contributed by atoms with Gasteiger partial charge in [0.2, 0.25) is 5.91 Å². The summed E-state index contributed by atoms with van der Waals surface area (Å²) in [5, 5.41) is 3.52. The fourth-order valence-corrected chi connectivity index (χ4v) is 2.96. The topological polar surface area (TPSA) is 87.0 Å². The Morgan fingerprint density at radius 3 is 2.36 bits per heavy atom. The lowest BCUT2D eigenvalue weighted by atomic mass is 10.0. The van der Waals surface area contributed by atoms with Crippen molar-refractivity contribution in [3.63, 3.8) is 0 Å². The number of nitrogens with one attached hydrogen (secondary N) is 1. The zero-order valence-electron chi connectivity index (χ0n) is 16.1. The molecule has 3 rings (SSSR count). The van der Waals surface area contributed by atoms with Crippen molar-refractivity contribution in [1.82, 2.24) is 0 Å². The van der Waals surface area contributed by atoms with Gasteiger partial charge >= 0.3 is 5.63 Å². The van der Waals surface area contributed by atoms with Gasteiger partial charge in [-0.3, -0.25) is 4.79 Å². The zero-order valence-corrected chi connectivity index (χ0v) is 16.1. The summed E-state index contributed by atoms with van der Waals surface area (Å²) >= 11 is 0. The number of benzene rings is 2. The molecule has 0 unspecified atom stereocenters. The molecule has 1 heterocycles. The Hall–Kier alpha value is -3.48. The van der Waals surface area contributed by atoms with Crippen LogP contribution in [-0.4, -0.2) is 27.2 Å². The molecule has 0 aliphatic carbocycles. The lowest BCUT2D eigenvalue weighted by Crippen LogP contribution is -2.21. The standard InChI is InChI=1S/C21H21NO6/c1-12-15-7-5-13(25-2)9-18(15)28-21(24)16(12)11-20(23)22-17-8-6-14(26-3)10-19(17)27-4/h5-10H,11H2,1-4H3,(H,22,23). The van der Waals surface area contributed by atoms with Crippen molar-refractivity contribution in [2.24, 2.45) is 0 Å². The van der Waals surface area contributed by atoms with Crippen molar-refractivity contribution in [2.75, 3.05) is 26.6 Å². The quantitative estimate of drug-likeness (QED) is 0.657. The Morgan fingerprint density at radius 1 is 1.00 bits per heavy atom. The first-order chi connectivity index (χ1) is 13.5. The van der Waals surface area contributed by atoms with Crippen LogP contribution in [0.15, 0.2) is 45.6 Å². The number of rotatable bonds is 6. The molecule has 1 aromatic heterocycles. The van der Waals surface area contributed by atoms with Crippen molar-refractivity contribution in [3.8, 4) is 17.2 Å². The summed E-state index contributed by atoms with van der Waals surface area (Å²) in [6.07, 6.45) is -0.120. The van der Waals surface area contributed by atoms with E-state index in [1.165, 1.54) is 14.2 Å². The molecule has 0 radical (unpaired) electrons. The predicted octanol–water partition coefficient (Wildman–Crippen LogP) is 3.31. The Labute approximate surface area is 161 Å². The van der Waals surface area contributed by atoms with E-state index in [-0.39, 0.29) is 12.3 Å². The normalized spacial score (nSPS) is 10.6. The molecule has 3 aromatic rings. The van der Waals surface area contributed by atoms with Crippen LogP contribution in [-0.2, 0) is 11.2 Å². The van der Waals surface area contributed by atoms with Gasteiger partial charge in [-0.05, 0) is 36.8 Å². The SMILES string of the molecule is COc1ccc(NC(=O)Cc2c(C)c3ccc(OC)cc3oc2=O)c(OC)c1. The summed E-state index contributed by atoms with van der Waals surface area (Å²) in [6, 6.07) is 10.3. The third kappa shape index (κ3) is 3.78. The molecule has 146 valence electrons. The summed E-state index contributed by atoms with van der Waals surface area (Å²) in [5.41, 5.74) is 1.37. The average Bonchev–Trinajstić information content (AvgIpc) is 2.70. The van der Waals surface area contributed by atoms with E-state index in [0.717, 1.165) is 5.39 Å². The van der Waals surface area contributed by atoms with E-state index in [4.69, 9.17) is 18.6 Å². The van der Waals surface area contributed by atoms with Crippen molar-refractivity contribution in [3.05, 3.63) is 57.9 Å². The highest BCUT2D eigenvalue weighted by atomic mass is 16.5. The van der Waals surface area contributed by atoms with Crippen LogP contribution in [0.3, 0.4) is 0 Å². The first-order valence-corrected chi connectivity index (χ1v) is 8.59. The van der Waals surface area contributed by atoms with Crippen LogP contribution in [0.5, 0.6) is 17.2 Å². The van der Waals surface area contributed by atoms with Gasteiger partial charge in [0.25, 0.3) is 0 Å². The second-order valence-electron chi connectivity index (χ2n) is 6.15. The number of amides is 1. The minimum atomic E-state index is -0.546. The summed E-state index contributed by atoms with van der Waals surface area (Å²) in [4.78, 5) is 25.0. The van der Waals surface area contributed by atoms with Gasteiger partial charge < -0.3 is 23.9 Å². The minimum absolute atomic E-state index is 0.120. The van der Waals surface area contributed by atoms with E-state index in [1.54, 1.807) is 50.4 Å². The molecule has 28 heavy (non-hydrogen) atoms. The van der Waals surface area contributed by atoms with Gasteiger partial charge in [-0.1, -0.05) is 0 Å². The van der Waals surface area contributed by atoms with Crippen LogP contribution >= 0.6 is 0 Å². The number of aryl methyl sites for hydroxylation is 1. The van der Waals surface area contributed by atoms with Gasteiger partial charge in [-0.15, -0.1) is 0 Å². The molecule has 1 N–H and O–H groups in total. The highest BCUT2D eigenvalue weighted by Gasteiger charge is 2.17. The average molecular weight is 383 g/mol. The molecule has 0 aliphatic heterocycles. The zero-order chi connectivity index (χ0) is 20.3. The number of carbonyl (C=O) groups is 1. The molecule has 0 spiro atoms. The fourth-order valence-electron chi connectivity index (χ4n) is 2.96. The van der Waals surface area contributed by atoms with E-state index >= 15 is 0 Å². The number of anilines is 1. The summed E-state index contributed by atoms with van der Waals surface area (Å²) < 4.78 is 21.0. The summed E-state index contributed by atoms with van der Waals surface area (Å²) in [5.74, 6) is 1.30. The molecule has 7 nitrogen and oxygen atoms in total. The number of methoxy groups -OCH3 is 3. The van der Waals surface area contributed by atoms with Crippen molar-refractivity contribution >= 4 is 22.6 Å². The van der Waals surface area contributed by atoms with Gasteiger partial charge in [0.05, 0.1) is 39.0 Å². The Morgan fingerprint density at radius 2 is 1.68 bits per heavy atom. The van der Waals surface area contributed by atoms with Crippen molar-refractivity contribution < 1.29 is 23.4 Å². The van der Waals surface area contributed by atoms with Crippen LogP contribution < -0.4 is 25.2 Å². The van der Waals surface area contributed by atoms with E-state index in [1.807, 2.05) is 0 Å². The van der Waals surface area contributed by atoms with Crippen LogP contribution in [0.25, 0.3) is 11.0 Å². The maximum absolute atomic E-state index is 12.5. The van der Waals surface area contributed by atoms with Crippen molar-refractivity contribution in [1.29, 1.82) is 0 Å². The Kier molecular flexibility index (Phi) is 5.54. The lowest BCUT2D eigenvalue weighted by molar-refractivity contribution is -0.115. The first kappa shape index (κ1) is 19.3. The molecular weight excluding hydrogens is 362 g/mol. The number of ether oxygens (including phenoxy) is 3. The van der Waals surface area contributed by atoms with Gasteiger partial charge in [0.15, 0.2) is 0 Å². The molecule has 0 bridgehead atoms. The monoisotopic (exact) mass is 383 g/mol. The lowest BCUT2D eigenvalue weighted by Gasteiger charge is -2.12. The highest BCUT2D eigenvalue weighted by molar-refractivity contribution is 5.94. The van der Waals surface area contributed by atoms with Gasteiger partial charge in [0.1, 0.15) is 22.8 Å². The number of fused-ring (bicyclic) bond motifs is 1. The number of hydrogen-bond acceptors (Lipinski definition) is 6. The van der Waals surface area contributed by atoms with Crippen LogP contribution in [0, 0.1) is 6.92 Å². The smallest absolute Gasteiger partial charge is 0.340 e. The van der Waals surface area contributed by atoms with Gasteiger partial charge in [0, 0.05) is 17.5 Å². The third-order valence-electron chi connectivity index (χ3n) is 4.51. The molecule has 0 saturated heterocycles. The molecule has 0 aliphatic rings. The van der Waals surface area contributed by atoms with E-state index < -0.39 is 5.63 Å². The fraction of sp³-hybridized carbons (Fsp3) is 0.238. The third-order valence-corrected chi connectivity index (χ3v) is 4.51. The molecule has 1 amide bonds. The molecule has 0 saturated carbocycles. The molecule has 2 aromatic carbocycles. The largest absolute Gasteiger partial charge is 0.497 e. The van der Waals surface area contributed by atoms with Crippen molar-refractivity contribution in [2.45, 2.75) is 13.3 Å². The Bertz CT molecular complexity index is 1090. The minimum Gasteiger partial charge on any atom is -0.497 e. The Balaban J connectivity index is 1.88. The molecule has 7 heteroatoms. The highest BCUT2D eigenvalue weighted by Crippen LogP contribution is 2.29. The van der Waals surface area contributed by atoms with E-state index in [0.29, 0.717) is 39.6 Å². The summed E-state index contributed by atoms with van der Waals surface area (Å²) in [7, 11) is 4.59. The van der Waals surface area contributed by atoms with Crippen LogP contribution in [0.2, 0.25) is 0 Å². The second kappa shape index (κ2) is 8.04. The maximum Gasteiger partial charge on any atom is 0.340 e. The summed E-state index contributed by atoms with van der Waals surface area (Å²) in [6.45, 7) is 1.79. The molecule has 0 atom stereocenters. The number of hydrogen-bond donors (Lipinski definition) is 1. The second-order valence-corrected chi connectivity index (χ2v) is 6.15. The van der Waals surface area contributed by atoms with Gasteiger partial charge in [-0.25, -0.2) is 4.79 Å². The van der Waals surface area contributed by atoms with Gasteiger partial charge in [-0.2, -0.15) is 0 Å². The molecular formula is C21H21NO6. The first-order valence-electron chi connectivity index (χ1n) is 8.59. The van der Waals surface area contributed by atoms with E-state index in [9.17, 15) is 9.59 Å². The number of carbonyl (C=O) groups excluding carboxylic acids is 1. The van der Waals surface area contributed by atoms with E-state index in [2.05, 4.69) is 5.32 Å². The predicted molar refractivity (Wildman–Crippen MR) is 106 cm³/mol. The molecule has 0 fully saturated rings. The van der Waals surface area contributed by atoms with Crippen LogP contribution in [0.1, 0.15) is 11.1 Å². The maximum atomic E-state index is 12.5. The van der Waals surface area contributed by atoms with Crippen LogP contribution in [0.4, 0.5) is 5.69 Å².